The van der Waals surface area contributed by atoms with Crippen molar-refractivity contribution in [3.05, 3.63) is 28.2 Å². The Morgan fingerprint density at radius 3 is 2.56 bits per heavy atom. The Hall–Kier alpha value is -0.540. The molecule has 0 radical (unpaired) electrons. The van der Waals surface area contributed by atoms with E-state index in [1.54, 1.807) is 0 Å². The fraction of sp³-hybridized carbons (Fsp3) is 0.417. The van der Waals surface area contributed by atoms with Crippen molar-refractivity contribution in [2.75, 3.05) is 6.61 Å². The summed E-state index contributed by atoms with van der Waals surface area (Å²) in [5.74, 6) is 0.699. The van der Waals surface area contributed by atoms with Gasteiger partial charge in [-0.2, -0.15) is 0 Å². The zero-order valence-electron chi connectivity index (χ0n) is 9.51. The molecule has 1 rings (SSSR count). The number of hydrogen-bond acceptors (Lipinski definition) is 2. The van der Waals surface area contributed by atoms with Crippen LogP contribution in [-0.2, 0) is 10.2 Å². The zero-order chi connectivity index (χ0) is 12.3. The van der Waals surface area contributed by atoms with Gasteiger partial charge in [0.05, 0.1) is 0 Å². The van der Waals surface area contributed by atoms with E-state index in [9.17, 15) is 4.79 Å². The molecule has 0 aromatic heterocycles. The van der Waals surface area contributed by atoms with E-state index in [1.807, 2.05) is 18.2 Å². The molecule has 0 amide bonds. The topological polar surface area (TPSA) is 26.3 Å². The molecular weight excluding hydrogens is 291 g/mol. The van der Waals surface area contributed by atoms with Crippen LogP contribution in [0.5, 0.6) is 5.75 Å². The monoisotopic (exact) mass is 304 g/mol. The summed E-state index contributed by atoms with van der Waals surface area (Å²) >= 11 is 8.67. The number of carbonyl (C=O) groups excluding carboxylic acids is 1. The summed E-state index contributed by atoms with van der Waals surface area (Å²) in [6.45, 7) is 6.16. The molecule has 0 aliphatic carbocycles. The summed E-state index contributed by atoms with van der Waals surface area (Å²) in [5, 5.41) is -0.497. The summed E-state index contributed by atoms with van der Waals surface area (Å²) in [4.78, 5) is 10.7. The first kappa shape index (κ1) is 13.5. The maximum absolute atomic E-state index is 10.7. The molecule has 0 aliphatic rings. The minimum Gasteiger partial charge on any atom is -0.484 e. The van der Waals surface area contributed by atoms with Crippen molar-refractivity contribution in [3.63, 3.8) is 0 Å². The van der Waals surface area contributed by atoms with E-state index in [-0.39, 0.29) is 12.0 Å². The van der Waals surface area contributed by atoms with Crippen LogP contribution in [0.25, 0.3) is 0 Å². The van der Waals surface area contributed by atoms with Gasteiger partial charge in [-0.15, -0.1) is 0 Å². The van der Waals surface area contributed by atoms with Crippen LogP contribution in [0.4, 0.5) is 0 Å². The third-order valence-electron chi connectivity index (χ3n) is 2.09. The first-order chi connectivity index (χ1) is 7.30. The summed E-state index contributed by atoms with van der Waals surface area (Å²) < 4.78 is 6.37. The highest BCUT2D eigenvalue weighted by atomic mass is 79.9. The van der Waals surface area contributed by atoms with E-state index in [1.165, 1.54) is 0 Å². The molecule has 88 valence electrons. The van der Waals surface area contributed by atoms with Gasteiger partial charge in [-0.05, 0) is 35.2 Å². The Labute approximate surface area is 109 Å². The minimum atomic E-state index is -0.497. The smallest absolute Gasteiger partial charge is 0.259 e. The number of halogens is 2. The van der Waals surface area contributed by atoms with E-state index in [0.717, 1.165) is 10.0 Å². The number of rotatable bonds is 3. The lowest BCUT2D eigenvalue weighted by molar-refractivity contribution is -0.113. The lowest BCUT2D eigenvalue weighted by Crippen LogP contribution is -2.15. The third-order valence-corrected chi connectivity index (χ3v) is 2.69. The number of hydrogen-bond donors (Lipinski definition) is 0. The van der Waals surface area contributed by atoms with Gasteiger partial charge in [-0.3, -0.25) is 4.79 Å². The molecule has 0 N–H and O–H groups in total. The van der Waals surface area contributed by atoms with Gasteiger partial charge in [0.1, 0.15) is 5.75 Å². The van der Waals surface area contributed by atoms with Crippen LogP contribution in [0, 0.1) is 0 Å². The maximum Gasteiger partial charge on any atom is 0.259 e. The largest absolute Gasteiger partial charge is 0.484 e. The summed E-state index contributed by atoms with van der Waals surface area (Å²) in [5.41, 5.74) is 0.994. The first-order valence-corrected chi connectivity index (χ1v) is 6.09. The molecular formula is C12H14BrClO2. The minimum absolute atomic E-state index is 0.0471. The lowest BCUT2D eigenvalue weighted by atomic mass is 9.86. The van der Waals surface area contributed by atoms with Crippen LogP contribution in [0.3, 0.4) is 0 Å². The molecule has 16 heavy (non-hydrogen) atoms. The van der Waals surface area contributed by atoms with Gasteiger partial charge in [0.15, 0.2) is 6.61 Å². The molecule has 2 nitrogen and oxygen atoms in total. The van der Waals surface area contributed by atoms with Crippen molar-refractivity contribution in [2.24, 2.45) is 0 Å². The summed E-state index contributed by atoms with van der Waals surface area (Å²) in [6.07, 6.45) is 0. The predicted molar refractivity (Wildman–Crippen MR) is 69.2 cm³/mol. The van der Waals surface area contributed by atoms with Gasteiger partial charge in [0, 0.05) is 10.0 Å². The average molecular weight is 306 g/mol. The van der Waals surface area contributed by atoms with Gasteiger partial charge < -0.3 is 4.74 Å². The van der Waals surface area contributed by atoms with Crippen molar-refractivity contribution in [2.45, 2.75) is 26.2 Å². The molecule has 0 saturated carbocycles. The van der Waals surface area contributed by atoms with E-state index in [4.69, 9.17) is 16.3 Å². The van der Waals surface area contributed by atoms with Crippen molar-refractivity contribution in [3.8, 4) is 5.75 Å². The second-order valence-corrected chi connectivity index (χ2v) is 5.87. The van der Waals surface area contributed by atoms with Crippen LogP contribution in [0.2, 0.25) is 0 Å². The van der Waals surface area contributed by atoms with Gasteiger partial charge in [0.25, 0.3) is 5.24 Å². The van der Waals surface area contributed by atoms with Gasteiger partial charge in [-0.1, -0.05) is 36.7 Å². The highest BCUT2D eigenvalue weighted by Crippen LogP contribution is 2.33. The second kappa shape index (κ2) is 5.19. The van der Waals surface area contributed by atoms with Crippen molar-refractivity contribution in [1.82, 2.24) is 0 Å². The molecule has 1 aromatic carbocycles. The number of benzene rings is 1. The van der Waals surface area contributed by atoms with E-state index >= 15 is 0 Å². The second-order valence-electron chi connectivity index (χ2n) is 4.53. The molecule has 0 heterocycles. The third kappa shape index (κ3) is 3.80. The van der Waals surface area contributed by atoms with E-state index in [2.05, 4.69) is 36.7 Å². The highest BCUT2D eigenvalue weighted by molar-refractivity contribution is 9.10. The summed E-state index contributed by atoms with van der Waals surface area (Å²) in [6, 6.07) is 5.71. The molecule has 1 aromatic rings. The Morgan fingerprint density at radius 2 is 2.06 bits per heavy atom. The Morgan fingerprint density at radius 1 is 1.44 bits per heavy atom. The Bertz CT molecular complexity index is 396. The molecule has 0 spiro atoms. The Kier molecular flexibility index (Phi) is 4.39. The van der Waals surface area contributed by atoms with Crippen LogP contribution in [-0.4, -0.2) is 11.8 Å². The van der Waals surface area contributed by atoms with Crippen LogP contribution in [0.1, 0.15) is 26.3 Å². The maximum atomic E-state index is 10.7. The molecule has 0 fully saturated rings. The standard InChI is InChI=1S/C12H14BrClO2/c1-12(2,3)9-6-8(13)4-5-10(9)16-7-11(14)15/h4-6H,7H2,1-3H3. The normalized spacial score (nSPS) is 11.3. The van der Waals surface area contributed by atoms with E-state index < -0.39 is 5.24 Å². The van der Waals surface area contributed by atoms with Crippen molar-refractivity contribution < 1.29 is 9.53 Å². The molecule has 4 heteroatoms. The van der Waals surface area contributed by atoms with Crippen LogP contribution >= 0.6 is 27.5 Å². The Balaban J connectivity index is 3.03. The molecule has 0 bridgehead atoms. The lowest BCUT2D eigenvalue weighted by Gasteiger charge is -2.22. The molecule has 0 unspecified atom stereocenters. The van der Waals surface area contributed by atoms with E-state index in [0.29, 0.717) is 5.75 Å². The highest BCUT2D eigenvalue weighted by Gasteiger charge is 2.19. The fourth-order valence-electron chi connectivity index (χ4n) is 1.35. The van der Waals surface area contributed by atoms with Gasteiger partial charge >= 0.3 is 0 Å². The van der Waals surface area contributed by atoms with Gasteiger partial charge in [-0.25, -0.2) is 0 Å². The first-order valence-electron chi connectivity index (χ1n) is 4.92. The SMILES string of the molecule is CC(C)(C)c1cc(Br)ccc1OCC(=O)Cl. The van der Waals surface area contributed by atoms with Crippen molar-refractivity contribution >= 4 is 32.8 Å². The fourth-order valence-corrected chi connectivity index (χ4v) is 1.76. The average Bonchev–Trinajstić information content (AvgIpc) is 2.14. The molecule has 0 atom stereocenters. The van der Waals surface area contributed by atoms with Gasteiger partial charge in [0.2, 0.25) is 0 Å². The van der Waals surface area contributed by atoms with Crippen LogP contribution < -0.4 is 4.74 Å². The number of ether oxygens (including phenoxy) is 1. The van der Waals surface area contributed by atoms with Crippen LogP contribution in [0.15, 0.2) is 22.7 Å². The molecule has 0 aliphatic heterocycles. The number of carbonyl (C=O) groups is 1. The quantitative estimate of drug-likeness (QED) is 0.792. The zero-order valence-corrected chi connectivity index (χ0v) is 11.9. The predicted octanol–water partition coefficient (Wildman–Crippen LogP) is 3.89. The van der Waals surface area contributed by atoms with Crippen molar-refractivity contribution in [1.29, 1.82) is 0 Å². The molecule has 0 saturated heterocycles. The summed E-state index contributed by atoms with van der Waals surface area (Å²) in [7, 11) is 0.